The Morgan fingerprint density at radius 3 is 3.08 bits per heavy atom. The summed E-state index contributed by atoms with van der Waals surface area (Å²) in [5.74, 6) is 0. The zero-order valence-corrected chi connectivity index (χ0v) is 7.57. The average Bonchev–Trinajstić information content (AvgIpc) is 2.44. The van der Waals surface area contributed by atoms with Gasteiger partial charge < -0.3 is 4.90 Å². The Labute approximate surface area is 73.3 Å². The van der Waals surface area contributed by atoms with Gasteiger partial charge in [-0.05, 0) is 18.6 Å². The number of allylic oxidation sites excluding steroid dienone is 2. The first-order chi connectivity index (χ1) is 5.83. The van der Waals surface area contributed by atoms with E-state index in [9.17, 15) is 0 Å². The number of fused-ring (bicyclic) bond motifs is 1. The minimum atomic E-state index is 0.370. The largest absolute Gasteiger partial charge is 0.369 e. The summed E-state index contributed by atoms with van der Waals surface area (Å²) in [5.41, 5.74) is 1.41. The molecule has 0 saturated carbocycles. The molecule has 0 amide bonds. The first-order valence-electron chi connectivity index (χ1n) is 4.46. The van der Waals surface area contributed by atoms with Crippen molar-refractivity contribution in [1.29, 1.82) is 0 Å². The van der Waals surface area contributed by atoms with Crippen molar-refractivity contribution in [2.24, 2.45) is 4.99 Å². The Balaban J connectivity index is 2.25. The van der Waals surface area contributed by atoms with Crippen molar-refractivity contribution in [2.45, 2.75) is 25.4 Å². The molecule has 64 valence electrons. The molecule has 2 heterocycles. The van der Waals surface area contributed by atoms with Crippen LogP contribution in [-0.4, -0.2) is 30.2 Å². The molecule has 0 spiro atoms. The summed E-state index contributed by atoms with van der Waals surface area (Å²) >= 11 is 0. The van der Waals surface area contributed by atoms with Gasteiger partial charge in [-0.15, -0.1) is 0 Å². The van der Waals surface area contributed by atoms with Crippen LogP contribution in [0.5, 0.6) is 0 Å². The van der Waals surface area contributed by atoms with E-state index in [0.717, 1.165) is 6.42 Å². The zero-order chi connectivity index (χ0) is 8.55. The third-order valence-electron chi connectivity index (χ3n) is 2.63. The highest BCUT2D eigenvalue weighted by Gasteiger charge is 2.29. The summed E-state index contributed by atoms with van der Waals surface area (Å²) in [4.78, 5) is 6.73. The van der Waals surface area contributed by atoms with Crippen LogP contribution in [0, 0.1) is 0 Å². The van der Waals surface area contributed by atoms with Crippen molar-refractivity contribution in [3.05, 3.63) is 23.9 Å². The van der Waals surface area contributed by atoms with Crippen LogP contribution in [-0.2, 0) is 0 Å². The van der Waals surface area contributed by atoms with Crippen LogP contribution < -0.4 is 0 Å². The molecule has 12 heavy (non-hydrogen) atoms. The van der Waals surface area contributed by atoms with E-state index in [2.05, 4.69) is 36.0 Å². The lowest BCUT2D eigenvalue weighted by molar-refractivity contribution is 0.359. The number of dihydropyridines is 1. The van der Waals surface area contributed by atoms with Gasteiger partial charge in [-0.1, -0.05) is 13.0 Å². The van der Waals surface area contributed by atoms with Gasteiger partial charge in [-0.25, -0.2) is 0 Å². The molecule has 0 aliphatic carbocycles. The molecule has 0 N–H and O–H groups in total. The fourth-order valence-corrected chi connectivity index (χ4v) is 1.89. The van der Waals surface area contributed by atoms with Gasteiger partial charge in [0.1, 0.15) is 0 Å². The molecule has 2 aliphatic rings. The normalized spacial score (nSPS) is 32.2. The molecule has 0 fully saturated rings. The quantitative estimate of drug-likeness (QED) is 0.572. The van der Waals surface area contributed by atoms with E-state index in [0.29, 0.717) is 12.1 Å². The van der Waals surface area contributed by atoms with Gasteiger partial charge in [0.15, 0.2) is 0 Å². The molecule has 0 aromatic carbocycles. The van der Waals surface area contributed by atoms with Crippen LogP contribution in [0.15, 0.2) is 28.9 Å². The lowest BCUT2D eigenvalue weighted by Crippen LogP contribution is -2.32. The highest BCUT2D eigenvalue weighted by molar-refractivity contribution is 5.73. The molecular weight excluding hydrogens is 148 g/mol. The summed E-state index contributed by atoms with van der Waals surface area (Å²) in [5, 5.41) is 0. The lowest BCUT2D eigenvalue weighted by atomic mass is 10.1. The second-order valence-corrected chi connectivity index (χ2v) is 3.29. The second-order valence-electron chi connectivity index (χ2n) is 3.29. The monoisotopic (exact) mass is 162 g/mol. The van der Waals surface area contributed by atoms with Crippen LogP contribution in [0.2, 0.25) is 0 Å². The molecule has 2 nitrogen and oxygen atoms in total. The fourth-order valence-electron chi connectivity index (χ4n) is 1.89. The zero-order valence-electron chi connectivity index (χ0n) is 7.57. The molecular formula is C10H14N2. The number of aliphatic imine (C=N–C) groups is 1. The van der Waals surface area contributed by atoms with E-state index >= 15 is 0 Å². The van der Waals surface area contributed by atoms with Crippen molar-refractivity contribution in [2.75, 3.05) is 7.05 Å². The van der Waals surface area contributed by atoms with E-state index in [1.165, 1.54) is 5.70 Å². The van der Waals surface area contributed by atoms with Crippen molar-refractivity contribution < 1.29 is 0 Å². The molecule has 0 bridgehead atoms. The van der Waals surface area contributed by atoms with Crippen LogP contribution >= 0.6 is 0 Å². The minimum absolute atomic E-state index is 0.370. The molecule has 2 unspecified atom stereocenters. The van der Waals surface area contributed by atoms with Gasteiger partial charge in [-0.2, -0.15) is 0 Å². The number of hydrogen-bond acceptors (Lipinski definition) is 2. The molecule has 0 aromatic heterocycles. The van der Waals surface area contributed by atoms with Crippen molar-refractivity contribution in [3.63, 3.8) is 0 Å². The topological polar surface area (TPSA) is 15.6 Å². The van der Waals surface area contributed by atoms with Crippen LogP contribution in [0.1, 0.15) is 13.3 Å². The summed E-state index contributed by atoms with van der Waals surface area (Å²) in [6.45, 7) is 2.19. The maximum absolute atomic E-state index is 4.41. The Hall–Kier alpha value is -1.05. The Kier molecular flexibility index (Phi) is 1.75. The summed E-state index contributed by atoms with van der Waals surface area (Å²) in [6, 6.07) is 0.847. The maximum Gasteiger partial charge on any atom is 0.0938 e. The Bertz CT molecular complexity index is 263. The van der Waals surface area contributed by atoms with Crippen LogP contribution in [0.3, 0.4) is 0 Å². The van der Waals surface area contributed by atoms with Gasteiger partial charge in [0.2, 0.25) is 0 Å². The summed E-state index contributed by atoms with van der Waals surface area (Å²) in [7, 11) is 2.14. The first kappa shape index (κ1) is 7.59. The molecule has 0 saturated heterocycles. The Morgan fingerprint density at radius 2 is 2.42 bits per heavy atom. The molecule has 2 rings (SSSR count). The number of nitrogens with zero attached hydrogens (tertiary/aromatic N) is 2. The Morgan fingerprint density at radius 1 is 1.58 bits per heavy atom. The highest BCUT2D eigenvalue weighted by Crippen LogP contribution is 2.26. The third kappa shape index (κ3) is 0.986. The average molecular weight is 162 g/mol. The number of rotatable bonds is 1. The van der Waals surface area contributed by atoms with Gasteiger partial charge >= 0.3 is 0 Å². The second kappa shape index (κ2) is 2.77. The van der Waals surface area contributed by atoms with E-state index in [1.807, 2.05) is 12.3 Å². The molecule has 0 radical (unpaired) electrons. The first-order valence-corrected chi connectivity index (χ1v) is 4.46. The van der Waals surface area contributed by atoms with Crippen LogP contribution in [0.25, 0.3) is 0 Å². The predicted octanol–water partition coefficient (Wildman–Crippen LogP) is 1.60. The highest BCUT2D eigenvalue weighted by atomic mass is 15.2. The third-order valence-corrected chi connectivity index (χ3v) is 2.63. The standard InChI is InChI=1S/C10H14N2/c1-3-8-7-9-10(12(8)2)5-4-6-11-9/h4-7,9-10H,3H2,1-2H3. The minimum Gasteiger partial charge on any atom is -0.369 e. The van der Waals surface area contributed by atoms with Gasteiger partial charge in [0.05, 0.1) is 12.1 Å². The predicted molar refractivity (Wildman–Crippen MR) is 51.3 cm³/mol. The lowest BCUT2D eigenvalue weighted by Gasteiger charge is -2.25. The molecule has 2 aliphatic heterocycles. The van der Waals surface area contributed by atoms with Crippen LogP contribution in [0.4, 0.5) is 0 Å². The number of likely N-dealkylation sites (N-methyl/N-ethyl adjacent to an activating group) is 1. The van der Waals surface area contributed by atoms with Gasteiger partial charge in [0, 0.05) is 19.0 Å². The van der Waals surface area contributed by atoms with Gasteiger partial charge in [0.25, 0.3) is 0 Å². The van der Waals surface area contributed by atoms with Crippen molar-refractivity contribution in [3.8, 4) is 0 Å². The smallest absolute Gasteiger partial charge is 0.0938 e. The van der Waals surface area contributed by atoms with Crippen molar-refractivity contribution in [1.82, 2.24) is 4.90 Å². The van der Waals surface area contributed by atoms with E-state index < -0.39 is 0 Å². The molecule has 2 heteroatoms. The van der Waals surface area contributed by atoms with E-state index in [4.69, 9.17) is 0 Å². The van der Waals surface area contributed by atoms with Gasteiger partial charge in [-0.3, -0.25) is 4.99 Å². The summed E-state index contributed by atoms with van der Waals surface area (Å²) in [6.07, 6.45) is 9.52. The van der Waals surface area contributed by atoms with E-state index in [-0.39, 0.29) is 0 Å². The maximum atomic E-state index is 4.41. The van der Waals surface area contributed by atoms with Crippen molar-refractivity contribution >= 4 is 6.21 Å². The fraction of sp³-hybridized carbons (Fsp3) is 0.500. The number of hydrogen-bond donors (Lipinski definition) is 0. The molecule has 0 aromatic rings. The van der Waals surface area contributed by atoms with E-state index in [1.54, 1.807) is 0 Å². The molecule has 2 atom stereocenters. The summed E-state index contributed by atoms with van der Waals surface area (Å²) < 4.78 is 0. The SMILES string of the molecule is CCC1=CC2N=CC=CC2N1C.